The van der Waals surface area contributed by atoms with Gasteiger partial charge in [0.2, 0.25) is 0 Å². The van der Waals surface area contributed by atoms with Gasteiger partial charge in [-0.05, 0) is 55.7 Å². The Morgan fingerprint density at radius 2 is 1.86 bits per heavy atom. The first-order valence-corrected chi connectivity index (χ1v) is 7.74. The van der Waals surface area contributed by atoms with Gasteiger partial charge in [0.15, 0.2) is 0 Å². The van der Waals surface area contributed by atoms with Gasteiger partial charge in [0.25, 0.3) is 0 Å². The van der Waals surface area contributed by atoms with Crippen molar-refractivity contribution in [1.82, 2.24) is 0 Å². The first kappa shape index (κ1) is 15.6. The van der Waals surface area contributed by atoms with Gasteiger partial charge in [-0.25, -0.2) is 4.79 Å². The standard InChI is InChI=1S/C18H24O3/c1-3-4-5-18(19)21-17-12-8-15(9-13-17)14-6-10-16(20-2)11-7-14/h4-7,10-11,15,17H,3,8-9,12-13H2,1-2H3. The Balaban J connectivity index is 1.82. The maximum Gasteiger partial charge on any atom is 0.330 e. The highest BCUT2D eigenvalue weighted by Gasteiger charge is 2.24. The quantitative estimate of drug-likeness (QED) is 0.601. The predicted molar refractivity (Wildman–Crippen MR) is 83.5 cm³/mol. The van der Waals surface area contributed by atoms with Crippen molar-refractivity contribution in [3.63, 3.8) is 0 Å². The molecular weight excluding hydrogens is 264 g/mol. The molecule has 0 aliphatic heterocycles. The molecule has 0 radical (unpaired) electrons. The molecule has 0 heterocycles. The van der Waals surface area contributed by atoms with E-state index in [0.717, 1.165) is 37.9 Å². The summed E-state index contributed by atoms with van der Waals surface area (Å²) < 4.78 is 10.7. The molecule has 1 fully saturated rings. The van der Waals surface area contributed by atoms with E-state index in [1.54, 1.807) is 7.11 Å². The Bertz CT molecular complexity index is 468. The van der Waals surface area contributed by atoms with Crippen LogP contribution in [0.5, 0.6) is 5.75 Å². The summed E-state index contributed by atoms with van der Waals surface area (Å²) >= 11 is 0. The minimum absolute atomic E-state index is 0.0773. The zero-order valence-electron chi connectivity index (χ0n) is 12.9. The van der Waals surface area contributed by atoms with Gasteiger partial charge in [0.1, 0.15) is 11.9 Å². The lowest BCUT2D eigenvalue weighted by molar-refractivity contribution is -0.144. The van der Waals surface area contributed by atoms with E-state index in [2.05, 4.69) is 12.1 Å². The largest absolute Gasteiger partial charge is 0.497 e. The van der Waals surface area contributed by atoms with E-state index in [0.29, 0.717) is 5.92 Å². The number of rotatable bonds is 5. The summed E-state index contributed by atoms with van der Waals surface area (Å²) in [5.41, 5.74) is 1.35. The molecule has 0 spiro atoms. The number of carbonyl (C=O) groups excluding carboxylic acids is 1. The molecule has 2 rings (SSSR count). The average Bonchev–Trinajstić information content (AvgIpc) is 2.54. The van der Waals surface area contributed by atoms with Gasteiger partial charge in [-0.1, -0.05) is 25.1 Å². The van der Waals surface area contributed by atoms with E-state index in [1.807, 2.05) is 25.1 Å². The molecule has 0 N–H and O–H groups in total. The van der Waals surface area contributed by atoms with Gasteiger partial charge in [0.05, 0.1) is 7.11 Å². The molecule has 1 aromatic carbocycles. The molecular formula is C18H24O3. The lowest BCUT2D eigenvalue weighted by Gasteiger charge is -2.28. The van der Waals surface area contributed by atoms with Crippen LogP contribution in [0.2, 0.25) is 0 Å². The fourth-order valence-corrected chi connectivity index (χ4v) is 2.81. The molecule has 0 unspecified atom stereocenters. The average molecular weight is 288 g/mol. The van der Waals surface area contributed by atoms with Crippen molar-refractivity contribution < 1.29 is 14.3 Å². The molecule has 1 saturated carbocycles. The molecule has 0 bridgehead atoms. The Morgan fingerprint density at radius 3 is 2.43 bits per heavy atom. The number of hydrogen-bond acceptors (Lipinski definition) is 3. The highest BCUT2D eigenvalue weighted by Crippen LogP contribution is 2.34. The number of hydrogen-bond donors (Lipinski definition) is 0. The fourth-order valence-electron chi connectivity index (χ4n) is 2.81. The predicted octanol–water partition coefficient (Wildman–Crippen LogP) is 4.23. The molecule has 0 saturated heterocycles. The van der Waals surface area contributed by atoms with Crippen LogP contribution in [-0.4, -0.2) is 19.2 Å². The molecule has 21 heavy (non-hydrogen) atoms. The van der Waals surface area contributed by atoms with Gasteiger partial charge in [-0.3, -0.25) is 0 Å². The topological polar surface area (TPSA) is 35.5 Å². The van der Waals surface area contributed by atoms with Gasteiger partial charge < -0.3 is 9.47 Å². The number of methoxy groups -OCH3 is 1. The minimum Gasteiger partial charge on any atom is -0.497 e. The van der Waals surface area contributed by atoms with Crippen molar-refractivity contribution >= 4 is 5.97 Å². The van der Waals surface area contributed by atoms with Crippen LogP contribution in [0.25, 0.3) is 0 Å². The Hall–Kier alpha value is -1.77. The smallest absolute Gasteiger partial charge is 0.330 e. The number of esters is 1. The lowest BCUT2D eigenvalue weighted by atomic mass is 9.83. The summed E-state index contributed by atoms with van der Waals surface area (Å²) in [5, 5.41) is 0. The van der Waals surface area contributed by atoms with Crippen LogP contribution in [0.1, 0.15) is 50.5 Å². The molecule has 1 aromatic rings. The lowest BCUT2D eigenvalue weighted by Crippen LogP contribution is -2.23. The Morgan fingerprint density at radius 1 is 1.19 bits per heavy atom. The van der Waals surface area contributed by atoms with Gasteiger partial charge in [-0.2, -0.15) is 0 Å². The molecule has 1 aliphatic carbocycles. The van der Waals surface area contributed by atoms with E-state index in [9.17, 15) is 4.79 Å². The summed E-state index contributed by atoms with van der Waals surface area (Å²) in [6.07, 6.45) is 8.35. The van der Waals surface area contributed by atoms with E-state index in [-0.39, 0.29) is 12.1 Å². The number of carbonyl (C=O) groups is 1. The van der Waals surface area contributed by atoms with Crippen LogP contribution in [0.15, 0.2) is 36.4 Å². The normalized spacial score (nSPS) is 22.2. The van der Waals surface area contributed by atoms with Crippen LogP contribution in [0.3, 0.4) is 0 Å². The molecule has 114 valence electrons. The third-order valence-electron chi connectivity index (χ3n) is 4.03. The SMILES string of the molecule is CCC=CC(=O)OC1CCC(c2ccc(OC)cc2)CC1. The maximum absolute atomic E-state index is 11.6. The van der Waals surface area contributed by atoms with Gasteiger partial charge in [0, 0.05) is 6.08 Å². The third kappa shape index (κ3) is 4.62. The Kier molecular flexibility index (Phi) is 5.85. The molecule has 0 amide bonds. The second-order valence-electron chi connectivity index (χ2n) is 5.49. The van der Waals surface area contributed by atoms with Crippen LogP contribution in [0.4, 0.5) is 0 Å². The number of ether oxygens (including phenoxy) is 2. The summed E-state index contributed by atoms with van der Waals surface area (Å²) in [5.74, 6) is 1.26. The highest BCUT2D eigenvalue weighted by atomic mass is 16.5. The summed E-state index contributed by atoms with van der Waals surface area (Å²) in [4.78, 5) is 11.6. The summed E-state index contributed by atoms with van der Waals surface area (Å²) in [6, 6.07) is 8.30. The number of benzene rings is 1. The van der Waals surface area contributed by atoms with E-state index < -0.39 is 0 Å². The van der Waals surface area contributed by atoms with Crippen LogP contribution in [-0.2, 0) is 9.53 Å². The second kappa shape index (κ2) is 7.87. The fraction of sp³-hybridized carbons (Fsp3) is 0.500. The summed E-state index contributed by atoms with van der Waals surface area (Å²) in [7, 11) is 1.68. The number of allylic oxidation sites excluding steroid dienone is 1. The monoisotopic (exact) mass is 288 g/mol. The van der Waals surface area contributed by atoms with E-state index in [4.69, 9.17) is 9.47 Å². The van der Waals surface area contributed by atoms with Crippen molar-refractivity contribution in [2.75, 3.05) is 7.11 Å². The van der Waals surface area contributed by atoms with Crippen molar-refractivity contribution in [3.05, 3.63) is 42.0 Å². The van der Waals surface area contributed by atoms with E-state index >= 15 is 0 Å². The first-order chi connectivity index (χ1) is 10.2. The maximum atomic E-state index is 11.6. The molecule has 3 nitrogen and oxygen atoms in total. The van der Waals surface area contributed by atoms with Crippen molar-refractivity contribution in [1.29, 1.82) is 0 Å². The molecule has 3 heteroatoms. The van der Waals surface area contributed by atoms with Crippen molar-refractivity contribution in [2.45, 2.75) is 51.0 Å². The van der Waals surface area contributed by atoms with Crippen LogP contribution >= 0.6 is 0 Å². The summed E-state index contributed by atoms with van der Waals surface area (Å²) in [6.45, 7) is 2.00. The zero-order valence-corrected chi connectivity index (χ0v) is 12.9. The zero-order chi connectivity index (χ0) is 15.1. The second-order valence-corrected chi connectivity index (χ2v) is 5.49. The third-order valence-corrected chi connectivity index (χ3v) is 4.03. The molecule has 1 aliphatic rings. The minimum atomic E-state index is -0.204. The van der Waals surface area contributed by atoms with Gasteiger partial charge >= 0.3 is 5.97 Å². The molecule has 0 atom stereocenters. The highest BCUT2D eigenvalue weighted by molar-refractivity contribution is 5.82. The van der Waals surface area contributed by atoms with E-state index in [1.165, 1.54) is 11.6 Å². The Labute approximate surface area is 127 Å². The first-order valence-electron chi connectivity index (χ1n) is 7.74. The van der Waals surface area contributed by atoms with Crippen molar-refractivity contribution in [3.8, 4) is 5.75 Å². The van der Waals surface area contributed by atoms with Gasteiger partial charge in [-0.15, -0.1) is 0 Å². The molecule has 0 aromatic heterocycles. The van der Waals surface area contributed by atoms with Crippen LogP contribution in [0, 0.1) is 0 Å². The van der Waals surface area contributed by atoms with Crippen LogP contribution < -0.4 is 4.74 Å². The van der Waals surface area contributed by atoms with Crippen molar-refractivity contribution in [2.24, 2.45) is 0 Å².